The lowest BCUT2D eigenvalue weighted by Gasteiger charge is -2.29. The first-order valence-corrected chi connectivity index (χ1v) is 20.6. The van der Waals surface area contributed by atoms with E-state index in [2.05, 4.69) is 237 Å². The van der Waals surface area contributed by atoms with Gasteiger partial charge in [-0.05, 0) is 83.8 Å². The Bertz CT molecular complexity index is 3200. The minimum Gasteiger partial charge on any atom is -0.247 e. The van der Waals surface area contributed by atoms with E-state index in [1.807, 2.05) is 0 Å². The molecular weight excluding hydrogens is 723 g/mol. The standard InChI is InChI=1S/C59H39N/c1-6-21-41(22-7-1)53-54(42-23-8-2-9-24-42)56(44-27-12-4-13-28-44)58(57(45-29-14-5-15-30-45)55(53)43-25-10-3-11-26-43)47-36-34-46(35-37-47)52-49-32-18-19-33-51(49)60-59-48-31-17-16-20-40(48)38-39-50(52)59/h1-39H. The molecule has 0 fully saturated rings. The summed E-state index contributed by atoms with van der Waals surface area (Å²) in [6.07, 6.45) is 0. The first kappa shape index (κ1) is 35.3. The van der Waals surface area contributed by atoms with Gasteiger partial charge in [-0.15, -0.1) is 0 Å². The molecular formula is C59H39N. The third-order valence-corrected chi connectivity index (χ3v) is 11.9. The van der Waals surface area contributed by atoms with E-state index in [0.29, 0.717) is 0 Å². The Morgan fingerprint density at radius 3 is 0.933 bits per heavy atom. The van der Waals surface area contributed by atoms with Gasteiger partial charge in [-0.25, -0.2) is 4.98 Å². The SMILES string of the molecule is c1ccc(-c2c(-c3ccccc3)c(-c3ccccc3)c(-c3ccc(-c4c5ccccc5nc5c4ccc4ccccc45)cc3)c(-c3ccccc3)c2-c2ccccc2)cc1. The number of rotatable bonds is 7. The van der Waals surface area contributed by atoms with Gasteiger partial charge < -0.3 is 0 Å². The number of hydrogen-bond acceptors (Lipinski definition) is 1. The van der Waals surface area contributed by atoms with Crippen molar-refractivity contribution in [3.8, 4) is 77.9 Å². The van der Waals surface area contributed by atoms with Crippen LogP contribution in [0.5, 0.6) is 0 Å². The van der Waals surface area contributed by atoms with Gasteiger partial charge in [0.2, 0.25) is 0 Å². The Hall–Kier alpha value is -7.87. The van der Waals surface area contributed by atoms with Crippen molar-refractivity contribution in [2.24, 2.45) is 0 Å². The summed E-state index contributed by atoms with van der Waals surface area (Å²) in [6.45, 7) is 0. The van der Waals surface area contributed by atoms with Gasteiger partial charge in [0.25, 0.3) is 0 Å². The van der Waals surface area contributed by atoms with Crippen molar-refractivity contribution in [3.05, 3.63) is 237 Å². The number of benzene rings is 10. The van der Waals surface area contributed by atoms with Crippen molar-refractivity contribution >= 4 is 32.6 Å². The summed E-state index contributed by atoms with van der Waals surface area (Å²) < 4.78 is 0. The Labute approximate surface area is 350 Å². The van der Waals surface area contributed by atoms with Crippen LogP contribution in [0.1, 0.15) is 0 Å². The normalized spacial score (nSPS) is 11.3. The zero-order valence-corrected chi connectivity index (χ0v) is 33.0. The van der Waals surface area contributed by atoms with Crippen molar-refractivity contribution in [2.75, 3.05) is 0 Å². The van der Waals surface area contributed by atoms with Gasteiger partial charge in [-0.1, -0.05) is 231 Å². The molecule has 0 spiro atoms. The first-order valence-electron chi connectivity index (χ1n) is 20.6. The summed E-state index contributed by atoms with van der Waals surface area (Å²) in [7, 11) is 0. The lowest BCUT2D eigenvalue weighted by Crippen LogP contribution is -2.02. The van der Waals surface area contributed by atoms with E-state index in [0.717, 1.165) is 32.9 Å². The molecule has 1 heteroatoms. The van der Waals surface area contributed by atoms with Crippen LogP contribution in [0.3, 0.4) is 0 Å². The van der Waals surface area contributed by atoms with Crippen molar-refractivity contribution in [3.63, 3.8) is 0 Å². The highest BCUT2D eigenvalue weighted by molar-refractivity contribution is 6.18. The van der Waals surface area contributed by atoms with Crippen molar-refractivity contribution in [1.82, 2.24) is 4.98 Å². The second-order valence-electron chi connectivity index (χ2n) is 15.3. The molecule has 1 nitrogen and oxygen atoms in total. The van der Waals surface area contributed by atoms with E-state index in [-0.39, 0.29) is 0 Å². The molecule has 11 aromatic rings. The molecule has 11 rings (SSSR count). The zero-order valence-electron chi connectivity index (χ0n) is 33.0. The van der Waals surface area contributed by atoms with Gasteiger partial charge in [-0.3, -0.25) is 0 Å². The molecule has 0 aliphatic heterocycles. The third-order valence-electron chi connectivity index (χ3n) is 11.9. The van der Waals surface area contributed by atoms with Crippen LogP contribution in [0.4, 0.5) is 0 Å². The van der Waals surface area contributed by atoms with Gasteiger partial charge in [0.05, 0.1) is 11.0 Å². The third kappa shape index (κ3) is 6.08. The van der Waals surface area contributed by atoms with Crippen LogP contribution >= 0.6 is 0 Å². The molecule has 0 aliphatic rings. The molecule has 0 bridgehead atoms. The molecule has 0 radical (unpaired) electrons. The number of para-hydroxylation sites is 1. The molecule has 0 aliphatic carbocycles. The summed E-state index contributed by atoms with van der Waals surface area (Å²) >= 11 is 0. The predicted molar refractivity (Wildman–Crippen MR) is 255 cm³/mol. The van der Waals surface area contributed by atoms with E-state index in [1.54, 1.807) is 0 Å². The molecule has 1 aromatic heterocycles. The summed E-state index contributed by atoms with van der Waals surface area (Å²) in [5, 5.41) is 4.66. The quantitative estimate of drug-likeness (QED) is 0.116. The molecule has 280 valence electrons. The van der Waals surface area contributed by atoms with Crippen molar-refractivity contribution < 1.29 is 0 Å². The lowest BCUT2D eigenvalue weighted by atomic mass is 9.74. The van der Waals surface area contributed by atoms with Crippen LogP contribution in [0.2, 0.25) is 0 Å². The molecule has 60 heavy (non-hydrogen) atoms. The molecule has 0 saturated heterocycles. The number of hydrogen-bond donors (Lipinski definition) is 0. The van der Waals surface area contributed by atoms with Crippen LogP contribution < -0.4 is 0 Å². The van der Waals surface area contributed by atoms with E-state index in [1.165, 1.54) is 77.5 Å². The number of nitrogens with zero attached hydrogens (tertiary/aromatic N) is 1. The van der Waals surface area contributed by atoms with E-state index in [9.17, 15) is 0 Å². The van der Waals surface area contributed by atoms with E-state index < -0.39 is 0 Å². The summed E-state index contributed by atoms with van der Waals surface area (Å²) in [4.78, 5) is 5.26. The molecule has 10 aromatic carbocycles. The van der Waals surface area contributed by atoms with Crippen molar-refractivity contribution in [1.29, 1.82) is 0 Å². The zero-order chi connectivity index (χ0) is 39.8. The summed E-state index contributed by atoms with van der Waals surface area (Å²) in [5.74, 6) is 0. The van der Waals surface area contributed by atoms with Gasteiger partial charge in [0, 0.05) is 21.7 Å². The fourth-order valence-electron chi connectivity index (χ4n) is 9.25. The minimum absolute atomic E-state index is 0.995. The van der Waals surface area contributed by atoms with Gasteiger partial charge in [-0.2, -0.15) is 0 Å². The molecule has 0 saturated carbocycles. The Kier molecular flexibility index (Phi) is 8.91. The molecule has 0 unspecified atom stereocenters. The maximum Gasteiger partial charge on any atom is 0.0794 e. The Balaban J connectivity index is 1.28. The van der Waals surface area contributed by atoms with Crippen molar-refractivity contribution in [2.45, 2.75) is 0 Å². The van der Waals surface area contributed by atoms with E-state index >= 15 is 0 Å². The minimum atomic E-state index is 0.995. The highest BCUT2D eigenvalue weighted by Gasteiger charge is 2.29. The van der Waals surface area contributed by atoms with E-state index in [4.69, 9.17) is 4.98 Å². The van der Waals surface area contributed by atoms with Crippen LogP contribution in [-0.2, 0) is 0 Å². The second-order valence-corrected chi connectivity index (χ2v) is 15.3. The predicted octanol–water partition coefficient (Wildman–Crippen LogP) is 16.2. The monoisotopic (exact) mass is 761 g/mol. The number of aromatic nitrogens is 1. The second kappa shape index (κ2) is 15.1. The molecule has 0 N–H and O–H groups in total. The Morgan fingerprint density at radius 1 is 0.200 bits per heavy atom. The average Bonchev–Trinajstić information content (AvgIpc) is 3.34. The van der Waals surface area contributed by atoms with Crippen LogP contribution in [0, 0.1) is 0 Å². The largest absolute Gasteiger partial charge is 0.247 e. The van der Waals surface area contributed by atoms with Crippen LogP contribution in [0.15, 0.2) is 237 Å². The lowest BCUT2D eigenvalue weighted by molar-refractivity contribution is 1.50. The van der Waals surface area contributed by atoms with Gasteiger partial charge in [0.15, 0.2) is 0 Å². The Morgan fingerprint density at radius 2 is 0.517 bits per heavy atom. The number of pyridine rings is 1. The fraction of sp³-hybridized carbons (Fsp3) is 0. The fourth-order valence-corrected chi connectivity index (χ4v) is 9.25. The maximum absolute atomic E-state index is 5.26. The topological polar surface area (TPSA) is 12.9 Å². The van der Waals surface area contributed by atoms with Gasteiger partial charge in [0.1, 0.15) is 0 Å². The highest BCUT2D eigenvalue weighted by Crippen LogP contribution is 2.56. The van der Waals surface area contributed by atoms with Crippen LogP contribution in [-0.4, -0.2) is 4.98 Å². The maximum atomic E-state index is 5.26. The summed E-state index contributed by atoms with van der Waals surface area (Å²) in [5.41, 5.74) is 18.7. The number of fused-ring (bicyclic) bond motifs is 4. The smallest absolute Gasteiger partial charge is 0.0794 e. The average molecular weight is 762 g/mol. The van der Waals surface area contributed by atoms with Gasteiger partial charge >= 0.3 is 0 Å². The van der Waals surface area contributed by atoms with Crippen LogP contribution in [0.25, 0.3) is 110 Å². The molecule has 0 atom stereocenters. The highest BCUT2D eigenvalue weighted by atomic mass is 14.7. The molecule has 1 heterocycles. The first-order chi connectivity index (χ1) is 29.8. The molecule has 0 amide bonds. The summed E-state index contributed by atoms with van der Waals surface area (Å²) in [6, 6.07) is 85.8.